The van der Waals surface area contributed by atoms with Gasteiger partial charge in [0.2, 0.25) is 9.84 Å². The molecule has 9 heteroatoms. The summed E-state index contributed by atoms with van der Waals surface area (Å²) in [5.41, 5.74) is 2.26. The molecule has 2 aromatic carbocycles. The molecule has 0 bridgehead atoms. The Hall–Kier alpha value is -3.07. The number of halogens is 2. The highest BCUT2D eigenvalue weighted by Gasteiger charge is 2.26. The summed E-state index contributed by atoms with van der Waals surface area (Å²) in [7, 11) is -4.75. The fourth-order valence-electron chi connectivity index (χ4n) is 3.24. The van der Waals surface area contributed by atoms with Crippen LogP contribution in [0.4, 0.5) is 8.78 Å². The van der Waals surface area contributed by atoms with Gasteiger partial charge in [-0.3, -0.25) is 0 Å². The highest BCUT2D eigenvalue weighted by Crippen LogP contribution is 2.27. The Morgan fingerprint density at radius 1 is 1.10 bits per heavy atom. The minimum Gasteiger partial charge on any atom is -0.457 e. The maximum Gasteiger partial charge on any atom is 0.341 e. The molecule has 6 nitrogen and oxygen atoms in total. The van der Waals surface area contributed by atoms with Crippen molar-refractivity contribution >= 4 is 26.8 Å². The molecule has 0 fully saturated rings. The van der Waals surface area contributed by atoms with Crippen LogP contribution in [0.5, 0.6) is 0 Å². The molecule has 0 aliphatic heterocycles. The van der Waals surface area contributed by atoms with Crippen molar-refractivity contribution in [3.05, 3.63) is 75.1 Å². The van der Waals surface area contributed by atoms with E-state index in [2.05, 4.69) is 0 Å². The average Bonchev–Trinajstić information content (AvgIpc) is 2.70. The molecule has 0 saturated heterocycles. The molecule has 0 spiro atoms. The first kappa shape index (κ1) is 22.6. The van der Waals surface area contributed by atoms with Gasteiger partial charge in [0.1, 0.15) is 12.2 Å². The second-order valence-corrected chi connectivity index (χ2v) is 9.27. The van der Waals surface area contributed by atoms with Crippen LogP contribution in [0.1, 0.15) is 46.8 Å². The fourth-order valence-corrected chi connectivity index (χ4v) is 3.96. The Morgan fingerprint density at radius 3 is 2.32 bits per heavy atom. The first-order valence-corrected chi connectivity index (χ1v) is 10.9. The molecule has 0 amide bonds. The third kappa shape index (κ3) is 4.66. The average molecular weight is 450 g/mol. The van der Waals surface area contributed by atoms with Crippen LogP contribution in [0.2, 0.25) is 0 Å². The number of alkyl halides is 2. The number of benzene rings is 2. The van der Waals surface area contributed by atoms with Crippen LogP contribution in [0.25, 0.3) is 11.0 Å². The van der Waals surface area contributed by atoms with Gasteiger partial charge in [0.15, 0.2) is 0 Å². The number of carbonyl (C=O) groups excluding carboxylic acids is 1. The van der Waals surface area contributed by atoms with Gasteiger partial charge in [0.05, 0.1) is 10.5 Å². The molecule has 3 aromatic rings. The SMILES string of the molecule is Cc1cc2oc(=O)cc(COC(=O)c3ccc(S(=O)(=O)C(F)F)cc3)c2cc1C(C)C. The Bertz CT molecular complexity index is 1290. The maximum atomic E-state index is 12.6. The molecule has 3 rings (SSSR count). The molecular weight excluding hydrogens is 430 g/mol. The van der Waals surface area contributed by atoms with Gasteiger partial charge in [-0.05, 0) is 60.4 Å². The molecule has 0 aliphatic carbocycles. The third-order valence-electron chi connectivity index (χ3n) is 4.85. The van der Waals surface area contributed by atoms with Crippen LogP contribution in [0.3, 0.4) is 0 Å². The molecule has 31 heavy (non-hydrogen) atoms. The van der Waals surface area contributed by atoms with Crippen molar-refractivity contribution in [1.82, 2.24) is 0 Å². The molecule has 0 aliphatic rings. The van der Waals surface area contributed by atoms with Gasteiger partial charge >= 0.3 is 17.4 Å². The van der Waals surface area contributed by atoms with E-state index in [0.29, 0.717) is 16.5 Å². The topological polar surface area (TPSA) is 90.7 Å². The summed E-state index contributed by atoms with van der Waals surface area (Å²) in [4.78, 5) is 23.7. The van der Waals surface area contributed by atoms with Crippen LogP contribution in [0, 0.1) is 6.92 Å². The Morgan fingerprint density at radius 2 is 1.74 bits per heavy atom. The van der Waals surface area contributed by atoms with Crippen molar-refractivity contribution in [3.63, 3.8) is 0 Å². The minimum atomic E-state index is -4.75. The van der Waals surface area contributed by atoms with Gasteiger partial charge in [0, 0.05) is 17.0 Å². The van der Waals surface area contributed by atoms with Crippen molar-refractivity contribution in [1.29, 1.82) is 0 Å². The minimum absolute atomic E-state index is 0.0146. The predicted molar refractivity (Wildman–Crippen MR) is 110 cm³/mol. The van der Waals surface area contributed by atoms with Crippen LogP contribution in [-0.2, 0) is 21.2 Å². The van der Waals surface area contributed by atoms with E-state index in [1.165, 1.54) is 6.07 Å². The summed E-state index contributed by atoms with van der Waals surface area (Å²) >= 11 is 0. The largest absolute Gasteiger partial charge is 0.457 e. The van der Waals surface area contributed by atoms with Crippen LogP contribution >= 0.6 is 0 Å². The number of rotatable bonds is 6. The summed E-state index contributed by atoms with van der Waals surface area (Å²) in [5, 5.41) is 0.639. The number of sulfone groups is 1. The number of esters is 1. The zero-order valence-corrected chi connectivity index (χ0v) is 17.8. The highest BCUT2D eigenvalue weighted by atomic mass is 32.2. The van der Waals surface area contributed by atoms with E-state index in [1.54, 1.807) is 6.07 Å². The van der Waals surface area contributed by atoms with Crippen molar-refractivity contribution in [2.45, 2.75) is 43.9 Å². The Kier molecular flexibility index (Phi) is 6.26. The van der Waals surface area contributed by atoms with Crippen LogP contribution < -0.4 is 5.63 Å². The third-order valence-corrected chi connectivity index (χ3v) is 6.25. The van der Waals surface area contributed by atoms with E-state index in [1.807, 2.05) is 26.8 Å². The molecule has 164 valence electrons. The first-order valence-electron chi connectivity index (χ1n) is 9.37. The summed E-state index contributed by atoms with van der Waals surface area (Å²) < 4.78 is 58.7. The van der Waals surface area contributed by atoms with Crippen molar-refractivity contribution < 1.29 is 31.1 Å². The molecule has 0 radical (unpaired) electrons. The van der Waals surface area contributed by atoms with Crippen molar-refractivity contribution in [3.8, 4) is 0 Å². The van der Waals surface area contributed by atoms with Crippen LogP contribution in [-0.4, -0.2) is 20.1 Å². The number of ether oxygens (including phenoxy) is 1. The van der Waals surface area contributed by atoms with E-state index < -0.39 is 32.1 Å². The summed E-state index contributed by atoms with van der Waals surface area (Å²) in [6.45, 7) is 5.76. The molecule has 1 heterocycles. The molecular formula is C22H20F2O6S. The molecule has 0 saturated carbocycles. The smallest absolute Gasteiger partial charge is 0.341 e. The second-order valence-electron chi connectivity index (χ2n) is 7.36. The van der Waals surface area contributed by atoms with Gasteiger partial charge < -0.3 is 9.15 Å². The summed E-state index contributed by atoms with van der Waals surface area (Å²) in [6.07, 6.45) is 0. The van der Waals surface area contributed by atoms with Crippen LogP contribution in [0.15, 0.2) is 56.6 Å². The quantitative estimate of drug-likeness (QED) is 0.403. The zero-order valence-electron chi connectivity index (χ0n) is 17.0. The van der Waals surface area contributed by atoms with Gasteiger partial charge in [-0.25, -0.2) is 18.0 Å². The number of hydrogen-bond acceptors (Lipinski definition) is 6. The number of fused-ring (bicyclic) bond motifs is 1. The standard InChI is InChI=1S/C22H20F2O6S/c1-12(2)17-10-18-15(9-20(25)30-19(18)8-13(17)3)11-29-21(26)14-4-6-16(7-5-14)31(27,28)22(23)24/h4-10,12,22H,11H2,1-3H3. The Balaban J connectivity index is 1.86. The van der Waals surface area contributed by atoms with E-state index >= 15 is 0 Å². The lowest BCUT2D eigenvalue weighted by atomic mass is 9.95. The van der Waals surface area contributed by atoms with E-state index in [4.69, 9.17) is 9.15 Å². The highest BCUT2D eigenvalue weighted by molar-refractivity contribution is 7.91. The normalized spacial score (nSPS) is 12.0. The first-order chi connectivity index (χ1) is 14.5. The lowest BCUT2D eigenvalue weighted by molar-refractivity contribution is 0.0473. The maximum absolute atomic E-state index is 12.6. The molecule has 0 atom stereocenters. The summed E-state index contributed by atoms with van der Waals surface area (Å²) in [6, 6.07) is 8.92. The van der Waals surface area contributed by atoms with Crippen molar-refractivity contribution in [2.24, 2.45) is 0 Å². The van der Waals surface area contributed by atoms with E-state index in [0.717, 1.165) is 35.4 Å². The number of hydrogen-bond donors (Lipinski definition) is 0. The van der Waals surface area contributed by atoms with Crippen molar-refractivity contribution in [2.75, 3.05) is 0 Å². The van der Waals surface area contributed by atoms with E-state index in [-0.39, 0.29) is 18.1 Å². The lowest BCUT2D eigenvalue weighted by Gasteiger charge is -2.13. The Labute approximate surface area is 177 Å². The second kappa shape index (κ2) is 8.58. The molecule has 0 unspecified atom stereocenters. The molecule has 0 N–H and O–H groups in total. The van der Waals surface area contributed by atoms with Gasteiger partial charge in [-0.15, -0.1) is 0 Å². The monoisotopic (exact) mass is 450 g/mol. The fraction of sp³-hybridized carbons (Fsp3) is 0.273. The number of aryl methyl sites for hydroxylation is 1. The summed E-state index contributed by atoms with van der Waals surface area (Å²) in [5.74, 6) is -4.11. The van der Waals surface area contributed by atoms with Gasteiger partial charge in [0.25, 0.3) is 0 Å². The zero-order chi connectivity index (χ0) is 22.9. The van der Waals surface area contributed by atoms with E-state index in [9.17, 15) is 26.8 Å². The van der Waals surface area contributed by atoms with Gasteiger partial charge in [-0.1, -0.05) is 13.8 Å². The predicted octanol–water partition coefficient (Wildman–Crippen LogP) is 4.58. The molecule has 1 aromatic heterocycles. The number of carbonyl (C=O) groups is 1. The van der Waals surface area contributed by atoms with Gasteiger partial charge in [-0.2, -0.15) is 8.78 Å². The lowest BCUT2D eigenvalue weighted by Crippen LogP contribution is -2.12.